The number of rotatable bonds is 7. The number of aryl methyl sites for hydroxylation is 1. The summed E-state index contributed by atoms with van der Waals surface area (Å²) in [6, 6.07) is 0. The summed E-state index contributed by atoms with van der Waals surface area (Å²) in [6.45, 7) is 7.45. The predicted molar refractivity (Wildman–Crippen MR) is 58.6 cm³/mol. The number of hydrogen-bond acceptors (Lipinski definition) is 4. The van der Waals surface area contributed by atoms with Crippen LogP contribution in [-0.4, -0.2) is 35.0 Å². The van der Waals surface area contributed by atoms with E-state index in [1.807, 2.05) is 6.92 Å². The number of aromatic nitrogens is 3. The molecule has 1 aromatic heterocycles. The van der Waals surface area contributed by atoms with Gasteiger partial charge in [-0.15, -0.1) is 10.2 Å². The standard InChI is InChI=1S/C10H20N4O/c1-4-6-14-9(2)12-13-10(14)8-11-5-7-15-3/h11H,4-8H2,1-3H3. The molecule has 1 rings (SSSR count). The van der Waals surface area contributed by atoms with Gasteiger partial charge < -0.3 is 14.6 Å². The van der Waals surface area contributed by atoms with Gasteiger partial charge in [-0.3, -0.25) is 0 Å². The third-order valence-corrected chi connectivity index (χ3v) is 2.23. The maximum absolute atomic E-state index is 4.96. The highest BCUT2D eigenvalue weighted by Gasteiger charge is 2.06. The van der Waals surface area contributed by atoms with Crippen LogP contribution in [0.3, 0.4) is 0 Å². The molecule has 1 aromatic rings. The molecule has 0 aliphatic carbocycles. The van der Waals surface area contributed by atoms with Gasteiger partial charge in [-0.2, -0.15) is 0 Å². The molecule has 0 aliphatic rings. The van der Waals surface area contributed by atoms with Gasteiger partial charge in [0, 0.05) is 20.2 Å². The molecule has 0 saturated heterocycles. The Bertz CT molecular complexity index is 285. The van der Waals surface area contributed by atoms with Gasteiger partial charge in [-0.25, -0.2) is 0 Å². The molecule has 5 nitrogen and oxygen atoms in total. The van der Waals surface area contributed by atoms with Crippen LogP contribution in [0, 0.1) is 6.92 Å². The third kappa shape index (κ3) is 3.60. The zero-order chi connectivity index (χ0) is 11.1. The van der Waals surface area contributed by atoms with Gasteiger partial charge in [0.15, 0.2) is 0 Å². The van der Waals surface area contributed by atoms with E-state index in [9.17, 15) is 0 Å². The van der Waals surface area contributed by atoms with Crippen LogP contribution in [0.15, 0.2) is 0 Å². The van der Waals surface area contributed by atoms with Crippen molar-refractivity contribution in [1.29, 1.82) is 0 Å². The number of nitrogens with zero attached hydrogens (tertiary/aromatic N) is 3. The highest BCUT2D eigenvalue weighted by Crippen LogP contribution is 2.01. The van der Waals surface area contributed by atoms with E-state index in [4.69, 9.17) is 4.74 Å². The van der Waals surface area contributed by atoms with Gasteiger partial charge in [-0.1, -0.05) is 6.92 Å². The van der Waals surface area contributed by atoms with E-state index < -0.39 is 0 Å². The third-order valence-electron chi connectivity index (χ3n) is 2.23. The minimum absolute atomic E-state index is 0.723. The molecule has 0 aliphatic heterocycles. The summed E-state index contributed by atoms with van der Waals surface area (Å²) in [7, 11) is 1.70. The van der Waals surface area contributed by atoms with Gasteiger partial charge in [0.05, 0.1) is 13.2 Å². The lowest BCUT2D eigenvalue weighted by Crippen LogP contribution is -2.21. The molecule has 0 radical (unpaired) electrons. The van der Waals surface area contributed by atoms with Crippen molar-refractivity contribution >= 4 is 0 Å². The minimum Gasteiger partial charge on any atom is -0.383 e. The Labute approximate surface area is 90.8 Å². The first-order chi connectivity index (χ1) is 7.29. The summed E-state index contributed by atoms with van der Waals surface area (Å²) in [5.74, 6) is 1.99. The van der Waals surface area contributed by atoms with E-state index in [1.165, 1.54) is 0 Å². The first kappa shape index (κ1) is 12.1. The van der Waals surface area contributed by atoms with Crippen LogP contribution in [0.1, 0.15) is 25.0 Å². The minimum atomic E-state index is 0.723. The summed E-state index contributed by atoms with van der Waals surface area (Å²) < 4.78 is 7.11. The SMILES string of the molecule is CCCn1c(C)nnc1CNCCOC. The number of hydrogen-bond donors (Lipinski definition) is 1. The van der Waals surface area contributed by atoms with Crippen LogP contribution in [0.4, 0.5) is 0 Å². The Morgan fingerprint density at radius 3 is 2.87 bits per heavy atom. The van der Waals surface area contributed by atoms with Crippen LogP contribution >= 0.6 is 0 Å². The van der Waals surface area contributed by atoms with Crippen LogP contribution in [0.5, 0.6) is 0 Å². The van der Waals surface area contributed by atoms with E-state index in [1.54, 1.807) is 7.11 Å². The molecule has 0 spiro atoms. The number of ether oxygens (including phenoxy) is 1. The topological polar surface area (TPSA) is 52.0 Å². The Balaban J connectivity index is 2.45. The predicted octanol–water partition coefficient (Wildman–Crippen LogP) is 0.733. The molecule has 0 saturated carbocycles. The monoisotopic (exact) mass is 212 g/mol. The maximum atomic E-state index is 4.96. The molecule has 86 valence electrons. The van der Waals surface area contributed by atoms with E-state index in [2.05, 4.69) is 27.0 Å². The second kappa shape index (κ2) is 6.53. The molecule has 0 amide bonds. The Hall–Kier alpha value is -0.940. The second-order valence-corrected chi connectivity index (χ2v) is 3.48. The Morgan fingerprint density at radius 1 is 1.40 bits per heavy atom. The van der Waals surface area contributed by atoms with Crippen molar-refractivity contribution in [1.82, 2.24) is 20.1 Å². The highest BCUT2D eigenvalue weighted by atomic mass is 16.5. The largest absolute Gasteiger partial charge is 0.383 e. The molecule has 5 heteroatoms. The van der Waals surface area contributed by atoms with Crippen molar-refractivity contribution in [2.45, 2.75) is 33.4 Å². The number of nitrogens with one attached hydrogen (secondary N) is 1. The fourth-order valence-electron chi connectivity index (χ4n) is 1.44. The van der Waals surface area contributed by atoms with Gasteiger partial charge >= 0.3 is 0 Å². The van der Waals surface area contributed by atoms with Crippen molar-refractivity contribution in [3.8, 4) is 0 Å². The maximum Gasteiger partial charge on any atom is 0.146 e. The Kier molecular flexibility index (Phi) is 5.28. The number of methoxy groups -OCH3 is 1. The first-order valence-electron chi connectivity index (χ1n) is 5.38. The van der Waals surface area contributed by atoms with Crippen molar-refractivity contribution in [3.05, 3.63) is 11.6 Å². The fourth-order valence-corrected chi connectivity index (χ4v) is 1.44. The van der Waals surface area contributed by atoms with E-state index in [0.29, 0.717) is 0 Å². The smallest absolute Gasteiger partial charge is 0.146 e. The molecular formula is C10H20N4O. The second-order valence-electron chi connectivity index (χ2n) is 3.48. The molecule has 0 aromatic carbocycles. The molecule has 0 atom stereocenters. The van der Waals surface area contributed by atoms with Gasteiger partial charge in [0.25, 0.3) is 0 Å². The fraction of sp³-hybridized carbons (Fsp3) is 0.800. The van der Waals surface area contributed by atoms with E-state index >= 15 is 0 Å². The zero-order valence-electron chi connectivity index (χ0n) is 9.79. The van der Waals surface area contributed by atoms with Gasteiger partial charge in [0.2, 0.25) is 0 Å². The summed E-state index contributed by atoms with van der Waals surface area (Å²) in [5.41, 5.74) is 0. The van der Waals surface area contributed by atoms with E-state index in [-0.39, 0.29) is 0 Å². The zero-order valence-corrected chi connectivity index (χ0v) is 9.79. The molecular weight excluding hydrogens is 192 g/mol. The lowest BCUT2D eigenvalue weighted by Gasteiger charge is -2.07. The normalized spacial score (nSPS) is 10.9. The Morgan fingerprint density at radius 2 is 2.20 bits per heavy atom. The summed E-state index contributed by atoms with van der Waals surface area (Å²) >= 11 is 0. The average molecular weight is 212 g/mol. The lowest BCUT2D eigenvalue weighted by molar-refractivity contribution is 0.198. The molecule has 0 bridgehead atoms. The van der Waals surface area contributed by atoms with Crippen molar-refractivity contribution in [2.75, 3.05) is 20.3 Å². The van der Waals surface area contributed by atoms with Crippen molar-refractivity contribution in [2.24, 2.45) is 0 Å². The van der Waals surface area contributed by atoms with Crippen LogP contribution < -0.4 is 5.32 Å². The molecule has 0 fully saturated rings. The molecule has 0 unspecified atom stereocenters. The first-order valence-corrected chi connectivity index (χ1v) is 5.38. The van der Waals surface area contributed by atoms with Gasteiger partial charge in [-0.05, 0) is 13.3 Å². The molecule has 1 N–H and O–H groups in total. The van der Waals surface area contributed by atoms with Crippen LogP contribution in [-0.2, 0) is 17.8 Å². The van der Waals surface area contributed by atoms with Gasteiger partial charge in [0.1, 0.15) is 11.6 Å². The molecule has 1 heterocycles. The van der Waals surface area contributed by atoms with E-state index in [0.717, 1.165) is 44.3 Å². The summed E-state index contributed by atoms with van der Waals surface area (Å²) in [4.78, 5) is 0. The molecule has 15 heavy (non-hydrogen) atoms. The average Bonchev–Trinajstić information content (AvgIpc) is 2.57. The lowest BCUT2D eigenvalue weighted by atomic mass is 10.4. The highest BCUT2D eigenvalue weighted by molar-refractivity contribution is 4.93. The van der Waals surface area contributed by atoms with Crippen LogP contribution in [0.2, 0.25) is 0 Å². The quantitative estimate of drug-likeness (QED) is 0.677. The van der Waals surface area contributed by atoms with Crippen molar-refractivity contribution in [3.63, 3.8) is 0 Å². The van der Waals surface area contributed by atoms with Crippen LogP contribution in [0.25, 0.3) is 0 Å². The van der Waals surface area contributed by atoms with Crippen molar-refractivity contribution < 1.29 is 4.74 Å². The summed E-state index contributed by atoms with van der Waals surface area (Å²) in [6.07, 6.45) is 1.10. The summed E-state index contributed by atoms with van der Waals surface area (Å²) in [5, 5.41) is 11.5.